The summed E-state index contributed by atoms with van der Waals surface area (Å²) in [6.07, 6.45) is 0. The summed E-state index contributed by atoms with van der Waals surface area (Å²) >= 11 is 0. The molecule has 356 valence electrons. The Hall–Kier alpha value is -10.3. The molecule has 4 heterocycles. The minimum absolute atomic E-state index is 0.807. The molecular weight excluding hydrogens is 933 g/mol. The van der Waals surface area contributed by atoms with Gasteiger partial charge < -0.3 is 27.5 Å². The van der Waals surface area contributed by atoms with Crippen molar-refractivity contribution in [3.63, 3.8) is 0 Å². The van der Waals surface area contributed by atoms with Crippen LogP contribution in [-0.2, 0) is 0 Å². The van der Waals surface area contributed by atoms with Crippen molar-refractivity contribution in [3.8, 4) is 22.3 Å². The van der Waals surface area contributed by atoms with Crippen LogP contribution in [0.4, 0.5) is 34.1 Å². The lowest BCUT2D eigenvalue weighted by atomic mass is 9.99. The fourth-order valence-corrected chi connectivity index (χ4v) is 11.7. The Bertz CT molecular complexity index is 4620. The molecule has 16 aromatic rings. The third kappa shape index (κ3) is 6.67. The highest BCUT2D eigenvalue weighted by atomic mass is 16.3. The molecule has 0 aliphatic rings. The zero-order chi connectivity index (χ0) is 49.8. The van der Waals surface area contributed by atoms with Crippen LogP contribution in [0, 0.1) is 0 Å². The maximum atomic E-state index is 6.82. The molecule has 0 bridgehead atoms. The van der Waals surface area contributed by atoms with Gasteiger partial charge in [-0.25, -0.2) is 0 Å². The molecule has 4 aromatic heterocycles. The van der Waals surface area contributed by atoms with Crippen LogP contribution in [0.2, 0.25) is 0 Å². The van der Waals surface area contributed by atoms with E-state index < -0.39 is 0 Å². The summed E-state index contributed by atoms with van der Waals surface area (Å²) in [7, 11) is 0. The number of rotatable bonds is 8. The van der Waals surface area contributed by atoms with Gasteiger partial charge in [-0.2, -0.15) is 0 Å². The minimum Gasteiger partial charge on any atom is -0.456 e. The first-order valence-corrected chi connectivity index (χ1v) is 25.6. The zero-order valence-corrected chi connectivity index (χ0v) is 40.8. The van der Waals surface area contributed by atoms with Gasteiger partial charge in [0, 0.05) is 89.3 Å². The van der Waals surface area contributed by atoms with Gasteiger partial charge in [0.15, 0.2) is 0 Å². The van der Waals surface area contributed by atoms with Crippen LogP contribution >= 0.6 is 0 Å². The first-order valence-electron chi connectivity index (χ1n) is 25.6. The van der Waals surface area contributed by atoms with Crippen molar-refractivity contribution in [2.45, 2.75) is 0 Å². The highest BCUT2D eigenvalue weighted by Crippen LogP contribution is 2.46. The van der Waals surface area contributed by atoms with E-state index in [1.807, 2.05) is 24.3 Å². The Labute approximate surface area is 435 Å². The molecule has 0 radical (unpaired) electrons. The van der Waals surface area contributed by atoms with Gasteiger partial charge in [-0.05, 0) is 154 Å². The van der Waals surface area contributed by atoms with Crippen LogP contribution in [0.3, 0.4) is 0 Å². The fourth-order valence-electron chi connectivity index (χ4n) is 11.7. The Morgan fingerprint density at radius 1 is 0.184 bits per heavy atom. The molecule has 76 heavy (non-hydrogen) atoms. The molecule has 0 aliphatic carbocycles. The van der Waals surface area contributed by atoms with E-state index in [0.717, 1.165) is 144 Å². The summed E-state index contributed by atoms with van der Waals surface area (Å²) in [6.45, 7) is 0. The number of fused-ring (bicyclic) bond motifs is 15. The van der Waals surface area contributed by atoms with Crippen LogP contribution in [0.1, 0.15) is 0 Å². The van der Waals surface area contributed by atoms with Crippen LogP contribution in [-0.4, -0.2) is 0 Å². The van der Waals surface area contributed by atoms with Crippen LogP contribution < -0.4 is 9.80 Å². The number of para-hydroxylation sites is 2. The average molecular weight is 975 g/mol. The topological polar surface area (TPSA) is 59.0 Å². The summed E-state index contributed by atoms with van der Waals surface area (Å²) in [5, 5.41) is 10.8. The molecule has 0 amide bonds. The molecule has 0 saturated heterocycles. The lowest BCUT2D eigenvalue weighted by molar-refractivity contribution is 0.668. The summed E-state index contributed by atoms with van der Waals surface area (Å²) in [4.78, 5) is 4.60. The van der Waals surface area contributed by atoms with Crippen LogP contribution in [0.15, 0.2) is 272 Å². The molecular formula is C70H42N2O4. The Balaban J connectivity index is 0.816. The van der Waals surface area contributed by atoms with Crippen LogP contribution in [0.5, 0.6) is 0 Å². The number of hydrogen-bond acceptors (Lipinski definition) is 6. The average Bonchev–Trinajstić information content (AvgIpc) is 4.33. The fraction of sp³-hybridized carbons (Fsp3) is 0. The molecule has 12 aromatic carbocycles. The van der Waals surface area contributed by atoms with Gasteiger partial charge in [-0.3, -0.25) is 0 Å². The van der Waals surface area contributed by atoms with Gasteiger partial charge in [0.1, 0.15) is 44.7 Å². The maximum Gasteiger partial charge on any atom is 0.137 e. The summed E-state index contributed by atoms with van der Waals surface area (Å²) in [6, 6.07) is 89.7. The largest absolute Gasteiger partial charge is 0.456 e. The van der Waals surface area contributed by atoms with E-state index in [1.165, 1.54) is 11.1 Å². The van der Waals surface area contributed by atoms with Crippen molar-refractivity contribution in [2.75, 3.05) is 9.80 Å². The van der Waals surface area contributed by atoms with E-state index in [1.54, 1.807) is 0 Å². The van der Waals surface area contributed by atoms with Crippen molar-refractivity contribution in [3.05, 3.63) is 255 Å². The molecule has 0 unspecified atom stereocenters. The molecule has 0 fully saturated rings. The summed E-state index contributed by atoms with van der Waals surface area (Å²) in [5.74, 6) is 0. The SMILES string of the molecule is c1ccc(-c2ccc(N(c3ccc4c(c3)oc3ccc5c(ccc6oc7cc(N(c8ccc(-c9ccccc9)cc8)c8ccc9oc%10ccccc%10c9c8)ccc7c65)c34)c3ccc4oc5ccccc5c4c3)cc2)cc1. The number of benzene rings is 12. The lowest BCUT2D eigenvalue weighted by Crippen LogP contribution is -2.09. The van der Waals surface area contributed by atoms with Gasteiger partial charge in [0.2, 0.25) is 0 Å². The second-order valence-corrected chi connectivity index (χ2v) is 19.6. The van der Waals surface area contributed by atoms with E-state index in [9.17, 15) is 0 Å². The second kappa shape index (κ2) is 16.6. The van der Waals surface area contributed by atoms with Crippen molar-refractivity contribution in [2.24, 2.45) is 0 Å². The van der Waals surface area contributed by atoms with Crippen molar-refractivity contribution in [1.29, 1.82) is 0 Å². The van der Waals surface area contributed by atoms with E-state index >= 15 is 0 Å². The Kier molecular flexibility index (Phi) is 9.23. The van der Waals surface area contributed by atoms with Gasteiger partial charge >= 0.3 is 0 Å². The van der Waals surface area contributed by atoms with Gasteiger partial charge in [-0.15, -0.1) is 0 Å². The van der Waals surface area contributed by atoms with E-state index in [0.29, 0.717) is 0 Å². The van der Waals surface area contributed by atoms with Crippen LogP contribution in [0.25, 0.3) is 121 Å². The quantitative estimate of drug-likeness (QED) is 0.151. The molecule has 0 N–H and O–H groups in total. The minimum atomic E-state index is 0.807. The normalized spacial score (nSPS) is 11.9. The molecule has 0 saturated carbocycles. The maximum absolute atomic E-state index is 6.82. The van der Waals surface area contributed by atoms with Crippen molar-refractivity contribution < 1.29 is 17.7 Å². The van der Waals surface area contributed by atoms with Crippen molar-refractivity contribution >= 4 is 133 Å². The van der Waals surface area contributed by atoms with E-state index in [2.05, 4.69) is 240 Å². The number of anilines is 6. The monoisotopic (exact) mass is 974 g/mol. The highest BCUT2D eigenvalue weighted by molar-refractivity contribution is 6.28. The lowest BCUT2D eigenvalue weighted by Gasteiger charge is -2.25. The second-order valence-electron chi connectivity index (χ2n) is 19.6. The molecule has 16 rings (SSSR count). The van der Waals surface area contributed by atoms with E-state index in [-0.39, 0.29) is 0 Å². The number of hydrogen-bond donors (Lipinski definition) is 0. The van der Waals surface area contributed by atoms with Crippen molar-refractivity contribution in [1.82, 2.24) is 0 Å². The molecule has 0 atom stereocenters. The predicted molar refractivity (Wildman–Crippen MR) is 313 cm³/mol. The Morgan fingerprint density at radius 3 is 0.947 bits per heavy atom. The first kappa shape index (κ1) is 42.2. The third-order valence-electron chi connectivity index (χ3n) is 15.3. The standard InChI is InChI=1S/C70H42N2O4/c1-3-11-43(12-4-1)45-19-23-47(24-20-45)71(49-29-35-63-59(39-49)53-15-7-9-17-61(53)73-63)51-27-31-57-67(41-51)75-65-37-33-56-55(69(57)65)34-38-66-70(56)58-32-28-52(42-68(58)76-66)72(48-25-21-46(22-26-48)44-13-5-2-6-14-44)50-30-36-64-60(40-50)54-16-8-10-18-62(54)74-64/h1-42H. The number of nitrogens with zero attached hydrogens (tertiary/aromatic N) is 2. The third-order valence-corrected chi connectivity index (χ3v) is 15.3. The van der Waals surface area contributed by atoms with Gasteiger partial charge in [0.05, 0.1) is 0 Å². The molecule has 0 spiro atoms. The number of furan rings is 4. The molecule has 0 aliphatic heterocycles. The zero-order valence-electron chi connectivity index (χ0n) is 40.8. The highest BCUT2D eigenvalue weighted by Gasteiger charge is 2.22. The summed E-state index contributed by atoms with van der Waals surface area (Å²) in [5.41, 5.74) is 17.4. The first-order chi connectivity index (χ1) is 37.6. The summed E-state index contributed by atoms with van der Waals surface area (Å²) < 4.78 is 26.2. The van der Waals surface area contributed by atoms with E-state index in [4.69, 9.17) is 17.7 Å². The predicted octanol–water partition coefficient (Wildman–Crippen LogP) is 20.7. The Morgan fingerprint density at radius 2 is 0.500 bits per heavy atom. The molecule has 6 nitrogen and oxygen atoms in total. The van der Waals surface area contributed by atoms with Gasteiger partial charge in [0.25, 0.3) is 0 Å². The molecule has 6 heteroatoms. The van der Waals surface area contributed by atoms with Gasteiger partial charge in [-0.1, -0.05) is 121 Å². The smallest absolute Gasteiger partial charge is 0.137 e.